The van der Waals surface area contributed by atoms with E-state index in [1.165, 1.54) is 12.8 Å². The second-order valence-electron chi connectivity index (χ2n) is 6.60. The molecule has 2 saturated heterocycles. The summed E-state index contributed by atoms with van der Waals surface area (Å²) in [5.74, 6) is 2.54. The van der Waals surface area contributed by atoms with Crippen LogP contribution in [0.4, 0.5) is 11.6 Å². The molecule has 1 amide bonds. The van der Waals surface area contributed by atoms with Crippen LogP contribution in [0.15, 0.2) is 41.0 Å². The quantitative estimate of drug-likeness (QED) is 0.784. The third-order valence-corrected chi connectivity index (χ3v) is 4.92. The Labute approximate surface area is 152 Å². The van der Waals surface area contributed by atoms with Crippen LogP contribution >= 0.6 is 0 Å². The van der Waals surface area contributed by atoms with Crippen LogP contribution in [0, 0.1) is 0 Å². The highest BCUT2D eigenvalue weighted by atomic mass is 16.3. The van der Waals surface area contributed by atoms with Gasteiger partial charge in [-0.15, -0.1) is 10.2 Å². The Morgan fingerprint density at radius 1 is 0.923 bits per heavy atom. The minimum atomic E-state index is 0.0107. The summed E-state index contributed by atoms with van der Waals surface area (Å²) in [5.41, 5.74) is 0. The zero-order valence-corrected chi connectivity index (χ0v) is 14.8. The Morgan fingerprint density at radius 3 is 2.15 bits per heavy atom. The summed E-state index contributed by atoms with van der Waals surface area (Å²) in [6.45, 7) is 5.02. The van der Waals surface area contributed by atoms with Crippen molar-refractivity contribution in [3.05, 3.63) is 42.4 Å². The number of furan rings is 1. The molecule has 0 spiro atoms. The van der Waals surface area contributed by atoms with Gasteiger partial charge in [-0.1, -0.05) is 0 Å². The van der Waals surface area contributed by atoms with Gasteiger partial charge in [-0.05, 0) is 43.2 Å². The molecule has 2 aromatic heterocycles. The third-order valence-electron chi connectivity index (χ3n) is 4.92. The molecule has 0 unspecified atom stereocenters. The number of hydrogen-bond acceptors (Lipinski definition) is 6. The van der Waals surface area contributed by atoms with E-state index in [4.69, 9.17) is 4.42 Å². The van der Waals surface area contributed by atoms with Gasteiger partial charge in [0, 0.05) is 45.3 Å². The molecule has 2 aliphatic heterocycles. The van der Waals surface area contributed by atoms with E-state index in [0.717, 1.165) is 37.8 Å². The Bertz CT molecular complexity index is 743. The molecule has 0 N–H and O–H groups in total. The first kappa shape index (κ1) is 16.6. The summed E-state index contributed by atoms with van der Waals surface area (Å²) >= 11 is 0. The Morgan fingerprint density at radius 2 is 1.58 bits per heavy atom. The lowest BCUT2D eigenvalue weighted by molar-refractivity contribution is -0.126. The molecular weight excluding hydrogens is 330 g/mol. The Kier molecular flexibility index (Phi) is 4.86. The monoisotopic (exact) mass is 353 g/mol. The molecule has 7 nitrogen and oxygen atoms in total. The number of rotatable bonds is 4. The van der Waals surface area contributed by atoms with E-state index in [-0.39, 0.29) is 5.91 Å². The predicted octanol–water partition coefficient (Wildman–Crippen LogP) is 2.03. The molecule has 26 heavy (non-hydrogen) atoms. The summed E-state index contributed by atoms with van der Waals surface area (Å²) in [7, 11) is 0. The average molecular weight is 353 g/mol. The van der Waals surface area contributed by atoms with Crippen molar-refractivity contribution in [2.45, 2.75) is 12.8 Å². The van der Waals surface area contributed by atoms with Gasteiger partial charge in [0.1, 0.15) is 5.76 Å². The fourth-order valence-electron chi connectivity index (χ4n) is 3.40. The van der Waals surface area contributed by atoms with Crippen molar-refractivity contribution in [2.24, 2.45) is 0 Å². The topological polar surface area (TPSA) is 65.7 Å². The van der Waals surface area contributed by atoms with E-state index in [2.05, 4.69) is 26.1 Å². The smallest absolute Gasteiger partial charge is 0.246 e. The Hall–Kier alpha value is -2.83. The Balaban J connectivity index is 1.31. The maximum Gasteiger partial charge on any atom is 0.246 e. The van der Waals surface area contributed by atoms with Crippen LogP contribution < -0.4 is 9.80 Å². The van der Waals surface area contributed by atoms with Crippen molar-refractivity contribution in [1.29, 1.82) is 0 Å². The second-order valence-corrected chi connectivity index (χ2v) is 6.60. The van der Waals surface area contributed by atoms with Crippen LogP contribution in [-0.4, -0.2) is 60.3 Å². The number of carbonyl (C=O) groups is 1. The number of amides is 1. The normalized spacial score (nSPS) is 18.1. The molecule has 0 bridgehead atoms. The largest absolute Gasteiger partial charge is 0.465 e. The lowest BCUT2D eigenvalue weighted by Gasteiger charge is -2.34. The first-order chi connectivity index (χ1) is 12.8. The van der Waals surface area contributed by atoms with Crippen LogP contribution in [0.1, 0.15) is 18.6 Å². The molecule has 0 aliphatic carbocycles. The summed E-state index contributed by atoms with van der Waals surface area (Å²) in [4.78, 5) is 18.6. The minimum Gasteiger partial charge on any atom is -0.465 e. The molecule has 4 rings (SSSR count). The van der Waals surface area contributed by atoms with Crippen LogP contribution in [0.5, 0.6) is 0 Å². The molecule has 4 heterocycles. The fourth-order valence-corrected chi connectivity index (χ4v) is 3.40. The van der Waals surface area contributed by atoms with Gasteiger partial charge < -0.3 is 19.1 Å². The fraction of sp³-hybridized carbons (Fsp3) is 0.421. The van der Waals surface area contributed by atoms with Crippen LogP contribution in [-0.2, 0) is 4.79 Å². The molecule has 136 valence electrons. The van der Waals surface area contributed by atoms with E-state index >= 15 is 0 Å². The van der Waals surface area contributed by atoms with Crippen LogP contribution in [0.3, 0.4) is 0 Å². The minimum absolute atomic E-state index is 0.0107. The third kappa shape index (κ3) is 3.71. The van der Waals surface area contributed by atoms with E-state index in [1.54, 1.807) is 24.5 Å². The maximum atomic E-state index is 12.3. The summed E-state index contributed by atoms with van der Waals surface area (Å²) in [5, 5.41) is 8.77. The number of piperazine rings is 1. The molecule has 2 fully saturated rings. The van der Waals surface area contributed by atoms with Gasteiger partial charge in [0.2, 0.25) is 5.91 Å². The van der Waals surface area contributed by atoms with Crippen LogP contribution in [0.25, 0.3) is 6.08 Å². The summed E-state index contributed by atoms with van der Waals surface area (Å²) < 4.78 is 5.21. The predicted molar refractivity (Wildman–Crippen MR) is 100 cm³/mol. The van der Waals surface area contributed by atoms with Gasteiger partial charge in [0.15, 0.2) is 11.6 Å². The van der Waals surface area contributed by atoms with Gasteiger partial charge in [-0.25, -0.2) is 0 Å². The molecule has 7 heteroatoms. The van der Waals surface area contributed by atoms with Crippen molar-refractivity contribution >= 4 is 23.6 Å². The van der Waals surface area contributed by atoms with Gasteiger partial charge >= 0.3 is 0 Å². The van der Waals surface area contributed by atoms with Gasteiger partial charge in [-0.3, -0.25) is 4.79 Å². The first-order valence-corrected chi connectivity index (χ1v) is 9.14. The number of nitrogens with zero attached hydrogens (tertiary/aromatic N) is 5. The van der Waals surface area contributed by atoms with E-state index in [9.17, 15) is 4.79 Å². The molecule has 0 radical (unpaired) electrons. The molecular formula is C19H23N5O2. The highest BCUT2D eigenvalue weighted by Crippen LogP contribution is 2.20. The van der Waals surface area contributed by atoms with E-state index in [1.807, 2.05) is 17.0 Å². The van der Waals surface area contributed by atoms with Crippen molar-refractivity contribution in [1.82, 2.24) is 15.1 Å². The number of hydrogen-bond donors (Lipinski definition) is 0. The van der Waals surface area contributed by atoms with E-state index in [0.29, 0.717) is 18.8 Å². The lowest BCUT2D eigenvalue weighted by atomic mass is 10.3. The standard InChI is InChI=1S/C19H23N5O2/c25-19(8-5-16-4-3-15-26-16)24-13-11-23(12-14-24)18-7-6-17(20-21-18)22-9-1-2-10-22/h3-8,15H,1-2,9-14H2/b8-5+. The zero-order chi connectivity index (χ0) is 17.8. The highest BCUT2D eigenvalue weighted by Gasteiger charge is 2.21. The number of carbonyl (C=O) groups excluding carboxylic acids is 1. The molecule has 0 saturated carbocycles. The molecule has 2 aromatic rings. The van der Waals surface area contributed by atoms with Crippen LogP contribution in [0.2, 0.25) is 0 Å². The molecule has 0 aromatic carbocycles. The molecule has 2 aliphatic rings. The van der Waals surface area contributed by atoms with Gasteiger partial charge in [-0.2, -0.15) is 0 Å². The average Bonchev–Trinajstić information content (AvgIpc) is 3.40. The van der Waals surface area contributed by atoms with Crippen molar-refractivity contribution < 1.29 is 9.21 Å². The summed E-state index contributed by atoms with van der Waals surface area (Å²) in [6, 6.07) is 7.72. The lowest BCUT2D eigenvalue weighted by Crippen LogP contribution is -2.48. The second kappa shape index (κ2) is 7.59. The van der Waals surface area contributed by atoms with Gasteiger partial charge in [0.05, 0.1) is 6.26 Å². The number of anilines is 2. The van der Waals surface area contributed by atoms with Crippen molar-refractivity contribution in [2.75, 3.05) is 49.1 Å². The summed E-state index contributed by atoms with van der Waals surface area (Å²) in [6.07, 6.45) is 7.33. The van der Waals surface area contributed by atoms with Crippen molar-refractivity contribution in [3.63, 3.8) is 0 Å². The van der Waals surface area contributed by atoms with Crippen molar-refractivity contribution in [3.8, 4) is 0 Å². The molecule has 0 atom stereocenters. The SMILES string of the molecule is O=C(/C=C/c1ccco1)N1CCN(c2ccc(N3CCCC3)nn2)CC1. The first-order valence-electron chi connectivity index (χ1n) is 9.14. The maximum absolute atomic E-state index is 12.3. The number of aromatic nitrogens is 2. The van der Waals surface area contributed by atoms with Gasteiger partial charge in [0.25, 0.3) is 0 Å². The highest BCUT2D eigenvalue weighted by molar-refractivity contribution is 5.91. The zero-order valence-electron chi connectivity index (χ0n) is 14.8. The van der Waals surface area contributed by atoms with E-state index < -0.39 is 0 Å².